The van der Waals surface area contributed by atoms with Crippen LogP contribution in [0.15, 0.2) is 49.1 Å². The van der Waals surface area contributed by atoms with Gasteiger partial charge in [-0.2, -0.15) is 0 Å². The first-order valence-electron chi connectivity index (χ1n) is 5.31. The van der Waals surface area contributed by atoms with Gasteiger partial charge in [-0.1, -0.05) is 44.2 Å². The fourth-order valence-corrected chi connectivity index (χ4v) is 1.99. The van der Waals surface area contributed by atoms with Crippen molar-refractivity contribution in [2.45, 2.75) is 19.9 Å². The molecule has 0 fully saturated rings. The first kappa shape index (κ1) is 9.97. The van der Waals surface area contributed by atoms with Crippen LogP contribution >= 0.6 is 0 Å². The summed E-state index contributed by atoms with van der Waals surface area (Å²) in [6.07, 6.45) is 5.74. The van der Waals surface area contributed by atoms with Crippen LogP contribution < -0.4 is 0 Å². The predicted molar refractivity (Wildman–Crippen MR) is 61.6 cm³/mol. The third-order valence-corrected chi connectivity index (χ3v) is 2.62. The molecule has 2 nitrogen and oxygen atoms in total. The van der Waals surface area contributed by atoms with Crippen molar-refractivity contribution in [1.29, 1.82) is 0 Å². The summed E-state index contributed by atoms with van der Waals surface area (Å²) < 4.78 is 2.17. The normalized spacial score (nSPS) is 13.0. The van der Waals surface area contributed by atoms with Crippen LogP contribution in [0.2, 0.25) is 0 Å². The second-order valence-electron chi connectivity index (χ2n) is 4.11. The highest BCUT2D eigenvalue weighted by Crippen LogP contribution is 2.25. The van der Waals surface area contributed by atoms with Crippen molar-refractivity contribution in [3.63, 3.8) is 0 Å². The molecule has 1 aromatic carbocycles. The molecule has 0 saturated carbocycles. The number of aromatic nitrogens is 2. The van der Waals surface area contributed by atoms with Crippen molar-refractivity contribution in [3.05, 3.63) is 54.6 Å². The van der Waals surface area contributed by atoms with Gasteiger partial charge in [0, 0.05) is 12.4 Å². The molecule has 1 unspecified atom stereocenters. The Hall–Kier alpha value is -1.57. The first-order valence-corrected chi connectivity index (χ1v) is 5.31. The highest BCUT2D eigenvalue weighted by atomic mass is 15.1. The Balaban J connectivity index is 2.37. The van der Waals surface area contributed by atoms with Crippen molar-refractivity contribution in [2.24, 2.45) is 5.92 Å². The Morgan fingerprint density at radius 2 is 1.87 bits per heavy atom. The highest BCUT2D eigenvalue weighted by Gasteiger charge is 2.16. The summed E-state index contributed by atoms with van der Waals surface area (Å²) >= 11 is 0. The molecule has 0 aliphatic carbocycles. The minimum absolute atomic E-state index is 0.383. The summed E-state index contributed by atoms with van der Waals surface area (Å²) in [5.74, 6) is 0.557. The molecule has 0 bridgehead atoms. The van der Waals surface area contributed by atoms with Gasteiger partial charge in [0.15, 0.2) is 0 Å². The zero-order valence-electron chi connectivity index (χ0n) is 9.17. The van der Waals surface area contributed by atoms with E-state index in [1.54, 1.807) is 0 Å². The van der Waals surface area contributed by atoms with Crippen LogP contribution in [0.1, 0.15) is 25.5 Å². The van der Waals surface area contributed by atoms with Crippen LogP contribution in [-0.2, 0) is 0 Å². The number of benzene rings is 1. The van der Waals surface area contributed by atoms with Gasteiger partial charge in [-0.15, -0.1) is 0 Å². The fourth-order valence-electron chi connectivity index (χ4n) is 1.99. The number of nitrogens with zero attached hydrogens (tertiary/aromatic N) is 2. The minimum Gasteiger partial charge on any atom is -0.330 e. The SMILES string of the molecule is CC(C)C(c1ccccc1)n1ccnc1. The van der Waals surface area contributed by atoms with Gasteiger partial charge in [-0.05, 0) is 11.5 Å². The monoisotopic (exact) mass is 200 g/mol. The largest absolute Gasteiger partial charge is 0.330 e. The molecule has 0 N–H and O–H groups in total. The third kappa shape index (κ3) is 2.09. The first-order chi connectivity index (χ1) is 7.29. The van der Waals surface area contributed by atoms with Gasteiger partial charge in [-0.3, -0.25) is 0 Å². The van der Waals surface area contributed by atoms with Gasteiger partial charge in [0.25, 0.3) is 0 Å². The summed E-state index contributed by atoms with van der Waals surface area (Å²) in [7, 11) is 0. The quantitative estimate of drug-likeness (QED) is 0.744. The Morgan fingerprint density at radius 3 is 2.40 bits per heavy atom. The van der Waals surface area contributed by atoms with Gasteiger partial charge in [0.2, 0.25) is 0 Å². The van der Waals surface area contributed by atoms with E-state index >= 15 is 0 Å². The third-order valence-electron chi connectivity index (χ3n) is 2.62. The van der Waals surface area contributed by atoms with E-state index in [4.69, 9.17) is 0 Å². The van der Waals surface area contributed by atoms with Crippen molar-refractivity contribution in [3.8, 4) is 0 Å². The number of imidazole rings is 1. The molecule has 2 aromatic rings. The lowest BCUT2D eigenvalue weighted by Crippen LogP contribution is -2.14. The average Bonchev–Trinajstić information content (AvgIpc) is 2.72. The molecule has 0 aliphatic heterocycles. The van der Waals surface area contributed by atoms with Gasteiger partial charge < -0.3 is 4.57 Å². The van der Waals surface area contributed by atoms with E-state index in [2.05, 4.69) is 53.7 Å². The van der Waals surface area contributed by atoms with Crippen molar-refractivity contribution in [1.82, 2.24) is 9.55 Å². The Bertz CT molecular complexity index is 390. The summed E-state index contributed by atoms with van der Waals surface area (Å²) in [5.41, 5.74) is 1.34. The summed E-state index contributed by atoms with van der Waals surface area (Å²) in [6, 6.07) is 10.9. The summed E-state index contributed by atoms with van der Waals surface area (Å²) in [6.45, 7) is 4.47. The maximum atomic E-state index is 4.11. The van der Waals surface area contributed by atoms with Crippen LogP contribution in [0, 0.1) is 5.92 Å². The van der Waals surface area contributed by atoms with E-state index in [1.165, 1.54) is 5.56 Å². The molecule has 0 saturated heterocycles. The Labute approximate surface area is 90.6 Å². The molecule has 0 aliphatic rings. The number of rotatable bonds is 3. The second-order valence-corrected chi connectivity index (χ2v) is 4.11. The Morgan fingerprint density at radius 1 is 1.13 bits per heavy atom. The Kier molecular flexibility index (Phi) is 2.86. The topological polar surface area (TPSA) is 17.8 Å². The standard InChI is InChI=1S/C13H16N2/c1-11(2)13(15-9-8-14-10-15)12-6-4-3-5-7-12/h3-11,13H,1-2H3. The lowest BCUT2D eigenvalue weighted by atomic mass is 9.96. The van der Waals surface area contributed by atoms with E-state index in [-0.39, 0.29) is 0 Å². The molecule has 0 radical (unpaired) electrons. The zero-order valence-corrected chi connectivity index (χ0v) is 9.17. The molecular formula is C13H16N2. The number of hydrogen-bond acceptors (Lipinski definition) is 1. The van der Waals surface area contributed by atoms with Crippen molar-refractivity contribution >= 4 is 0 Å². The molecule has 0 spiro atoms. The van der Waals surface area contributed by atoms with Crippen LogP contribution in [0.3, 0.4) is 0 Å². The maximum Gasteiger partial charge on any atom is 0.0951 e. The van der Waals surface area contributed by atoms with E-state index in [0.717, 1.165) is 0 Å². The van der Waals surface area contributed by atoms with Gasteiger partial charge in [0.05, 0.1) is 12.4 Å². The average molecular weight is 200 g/mol. The molecule has 78 valence electrons. The zero-order chi connectivity index (χ0) is 10.7. The van der Waals surface area contributed by atoms with Crippen molar-refractivity contribution < 1.29 is 0 Å². The van der Waals surface area contributed by atoms with Gasteiger partial charge >= 0.3 is 0 Å². The van der Waals surface area contributed by atoms with Crippen LogP contribution in [0.4, 0.5) is 0 Å². The molecule has 1 heterocycles. The van der Waals surface area contributed by atoms with Crippen molar-refractivity contribution in [2.75, 3.05) is 0 Å². The fraction of sp³-hybridized carbons (Fsp3) is 0.308. The molecule has 1 aromatic heterocycles. The van der Waals surface area contributed by atoms with E-state index < -0.39 is 0 Å². The van der Waals surface area contributed by atoms with Crippen LogP contribution in [0.25, 0.3) is 0 Å². The molecule has 2 heteroatoms. The second kappa shape index (κ2) is 4.30. The molecule has 2 rings (SSSR count). The van der Waals surface area contributed by atoms with Crippen LogP contribution in [-0.4, -0.2) is 9.55 Å². The highest BCUT2D eigenvalue weighted by molar-refractivity contribution is 5.20. The molecule has 1 atom stereocenters. The predicted octanol–water partition coefficient (Wildman–Crippen LogP) is 3.13. The lowest BCUT2D eigenvalue weighted by Gasteiger charge is -2.22. The molecular weight excluding hydrogens is 184 g/mol. The van der Waals surface area contributed by atoms with Gasteiger partial charge in [-0.25, -0.2) is 4.98 Å². The smallest absolute Gasteiger partial charge is 0.0951 e. The minimum atomic E-state index is 0.383. The number of hydrogen-bond donors (Lipinski definition) is 0. The molecule has 15 heavy (non-hydrogen) atoms. The summed E-state index contributed by atoms with van der Waals surface area (Å²) in [5, 5.41) is 0. The van der Waals surface area contributed by atoms with E-state index in [0.29, 0.717) is 12.0 Å². The summed E-state index contributed by atoms with van der Waals surface area (Å²) in [4.78, 5) is 4.11. The maximum absolute atomic E-state index is 4.11. The van der Waals surface area contributed by atoms with E-state index in [1.807, 2.05) is 18.7 Å². The lowest BCUT2D eigenvalue weighted by molar-refractivity contribution is 0.436. The molecule has 0 amide bonds. The van der Waals surface area contributed by atoms with Gasteiger partial charge in [0.1, 0.15) is 0 Å². The van der Waals surface area contributed by atoms with E-state index in [9.17, 15) is 0 Å². The van der Waals surface area contributed by atoms with Crippen LogP contribution in [0.5, 0.6) is 0 Å².